The highest BCUT2D eigenvalue weighted by atomic mass is 32.1. The molecule has 1 fully saturated rings. The first-order valence-electron chi connectivity index (χ1n) is 7.22. The molecule has 24 heavy (non-hydrogen) atoms. The van der Waals surface area contributed by atoms with Crippen molar-refractivity contribution in [2.24, 2.45) is 16.2 Å². The molecule has 0 aromatic carbocycles. The van der Waals surface area contributed by atoms with Crippen molar-refractivity contribution < 1.29 is 23.1 Å². The molecule has 0 spiro atoms. The molecule has 1 N–H and O–H groups in total. The summed E-state index contributed by atoms with van der Waals surface area (Å²) < 4.78 is 40.9. The zero-order chi connectivity index (χ0) is 18.7. The highest BCUT2D eigenvalue weighted by Crippen LogP contribution is 2.79. The molecule has 2 rings (SSSR count). The van der Waals surface area contributed by atoms with E-state index in [-0.39, 0.29) is 11.3 Å². The molecule has 0 aliphatic heterocycles. The van der Waals surface area contributed by atoms with Crippen LogP contribution in [0.15, 0.2) is 4.79 Å². The Bertz CT molecular complexity index is 779. The van der Waals surface area contributed by atoms with Gasteiger partial charge in [0, 0.05) is 11.3 Å². The number of carboxylic acid groups (broad SMARTS) is 1. The number of thiazole rings is 1. The van der Waals surface area contributed by atoms with Crippen LogP contribution in [0.3, 0.4) is 0 Å². The second-order valence-electron chi connectivity index (χ2n) is 7.07. The van der Waals surface area contributed by atoms with Crippen LogP contribution < -0.4 is 4.87 Å². The molecule has 1 aliphatic carbocycles. The van der Waals surface area contributed by atoms with Crippen molar-refractivity contribution in [2.45, 2.75) is 46.8 Å². The third-order valence-corrected chi connectivity index (χ3v) is 6.89. The SMILES string of the molecule is C#CCn1c(C(F)(F)F)c(CC2(C(=O)O)C(C)(C)C2(C)C)sc1=O. The van der Waals surface area contributed by atoms with Gasteiger partial charge in [0.25, 0.3) is 0 Å². The summed E-state index contributed by atoms with van der Waals surface area (Å²) in [5, 5.41) is 9.72. The van der Waals surface area contributed by atoms with Crippen LogP contribution in [0.25, 0.3) is 0 Å². The molecular formula is C16H18F3NO3S. The molecule has 1 aromatic rings. The van der Waals surface area contributed by atoms with Crippen LogP contribution in [0.5, 0.6) is 0 Å². The van der Waals surface area contributed by atoms with Gasteiger partial charge in [-0.1, -0.05) is 45.0 Å². The summed E-state index contributed by atoms with van der Waals surface area (Å²) in [4.78, 5) is 22.7. The second kappa shape index (κ2) is 5.12. The zero-order valence-corrected chi connectivity index (χ0v) is 14.6. The minimum Gasteiger partial charge on any atom is -0.481 e. The van der Waals surface area contributed by atoms with Crippen molar-refractivity contribution in [3.8, 4) is 12.3 Å². The summed E-state index contributed by atoms with van der Waals surface area (Å²) >= 11 is 0.422. The fraction of sp³-hybridized carbons (Fsp3) is 0.625. The van der Waals surface area contributed by atoms with Gasteiger partial charge in [0.15, 0.2) is 0 Å². The van der Waals surface area contributed by atoms with Gasteiger partial charge in [-0.25, -0.2) is 0 Å². The highest BCUT2D eigenvalue weighted by Gasteiger charge is 2.81. The van der Waals surface area contributed by atoms with Crippen LogP contribution in [-0.2, 0) is 23.9 Å². The first-order chi connectivity index (χ1) is 10.8. The number of aromatic nitrogens is 1. The molecule has 0 atom stereocenters. The largest absolute Gasteiger partial charge is 0.481 e. The predicted molar refractivity (Wildman–Crippen MR) is 83.7 cm³/mol. The Kier molecular flexibility index (Phi) is 3.97. The topological polar surface area (TPSA) is 59.3 Å². The normalized spacial score (nSPS) is 20.4. The summed E-state index contributed by atoms with van der Waals surface area (Å²) in [7, 11) is 0. The van der Waals surface area contributed by atoms with Crippen molar-refractivity contribution in [3.05, 3.63) is 20.2 Å². The Labute approximate surface area is 141 Å². The average Bonchev–Trinajstić information content (AvgIpc) is 2.65. The van der Waals surface area contributed by atoms with E-state index in [1.807, 2.05) is 5.92 Å². The second-order valence-corrected chi connectivity index (χ2v) is 8.11. The van der Waals surface area contributed by atoms with Gasteiger partial charge in [0.1, 0.15) is 5.69 Å². The number of aliphatic carboxylic acids is 1. The first-order valence-corrected chi connectivity index (χ1v) is 8.04. The van der Waals surface area contributed by atoms with Crippen molar-refractivity contribution >= 4 is 17.3 Å². The Morgan fingerprint density at radius 2 is 1.79 bits per heavy atom. The van der Waals surface area contributed by atoms with Gasteiger partial charge in [-0.05, 0) is 10.8 Å². The molecule has 8 heteroatoms. The molecule has 0 amide bonds. The van der Waals surface area contributed by atoms with Gasteiger partial charge in [0.05, 0.1) is 12.0 Å². The van der Waals surface area contributed by atoms with E-state index in [0.29, 0.717) is 15.9 Å². The van der Waals surface area contributed by atoms with Crippen molar-refractivity contribution in [3.63, 3.8) is 0 Å². The van der Waals surface area contributed by atoms with Crippen molar-refractivity contribution in [2.75, 3.05) is 0 Å². The van der Waals surface area contributed by atoms with Crippen LogP contribution >= 0.6 is 11.3 Å². The highest BCUT2D eigenvalue weighted by molar-refractivity contribution is 7.09. The standard InChI is InChI=1S/C16H18F3NO3S/c1-6-7-20-10(16(17,18)19)9(24-12(20)23)8-15(11(21)22)13(2,3)14(15,4)5/h1H,7-8H2,2-5H3,(H,21,22). The number of nitrogens with zero attached hydrogens (tertiary/aromatic N) is 1. The molecule has 0 radical (unpaired) electrons. The van der Waals surface area contributed by atoms with Crippen LogP contribution in [0.1, 0.15) is 38.3 Å². The Morgan fingerprint density at radius 1 is 1.29 bits per heavy atom. The summed E-state index contributed by atoms with van der Waals surface area (Å²) in [6, 6.07) is 0. The molecule has 0 bridgehead atoms. The first kappa shape index (κ1) is 18.6. The summed E-state index contributed by atoms with van der Waals surface area (Å²) in [5.41, 5.74) is -3.92. The van der Waals surface area contributed by atoms with E-state index in [4.69, 9.17) is 6.42 Å². The molecule has 1 aliphatic rings. The summed E-state index contributed by atoms with van der Waals surface area (Å²) in [5.74, 6) is 0.880. The fourth-order valence-corrected chi connectivity index (χ4v) is 4.93. The lowest BCUT2D eigenvalue weighted by Crippen LogP contribution is -2.27. The molecule has 1 saturated carbocycles. The minimum absolute atomic E-state index is 0.274. The van der Waals surface area contributed by atoms with E-state index < -0.39 is 45.5 Å². The Morgan fingerprint density at radius 3 is 2.12 bits per heavy atom. The summed E-state index contributed by atoms with van der Waals surface area (Å²) in [6.07, 6.45) is -0.0777. The van der Waals surface area contributed by atoms with E-state index >= 15 is 0 Å². The lowest BCUT2D eigenvalue weighted by molar-refractivity contribution is -0.148. The Hall–Kier alpha value is -1.75. The maximum absolute atomic E-state index is 13.5. The van der Waals surface area contributed by atoms with Gasteiger partial charge in [0.2, 0.25) is 0 Å². The van der Waals surface area contributed by atoms with E-state index in [1.165, 1.54) is 0 Å². The molecule has 132 valence electrons. The molecule has 1 heterocycles. The Balaban J connectivity index is 2.64. The minimum atomic E-state index is -4.78. The van der Waals surface area contributed by atoms with E-state index in [0.717, 1.165) is 0 Å². The van der Waals surface area contributed by atoms with Crippen molar-refractivity contribution in [1.29, 1.82) is 0 Å². The number of carboxylic acids is 1. The van der Waals surface area contributed by atoms with E-state index in [9.17, 15) is 27.9 Å². The maximum Gasteiger partial charge on any atom is 0.432 e. The molecule has 4 nitrogen and oxygen atoms in total. The number of halogens is 3. The summed E-state index contributed by atoms with van der Waals surface area (Å²) in [6.45, 7) is 6.37. The molecular weight excluding hydrogens is 343 g/mol. The molecule has 0 saturated heterocycles. The fourth-order valence-electron chi connectivity index (χ4n) is 3.84. The number of hydrogen-bond acceptors (Lipinski definition) is 3. The van der Waals surface area contributed by atoms with Crippen LogP contribution in [0, 0.1) is 28.6 Å². The van der Waals surface area contributed by atoms with E-state index in [1.54, 1.807) is 27.7 Å². The van der Waals surface area contributed by atoms with Gasteiger partial charge < -0.3 is 5.11 Å². The number of rotatable bonds is 4. The van der Waals surface area contributed by atoms with Gasteiger partial charge in [-0.3, -0.25) is 14.2 Å². The van der Waals surface area contributed by atoms with Gasteiger partial charge in [-0.2, -0.15) is 13.2 Å². The third kappa shape index (κ3) is 2.14. The monoisotopic (exact) mass is 361 g/mol. The maximum atomic E-state index is 13.5. The number of terminal acetylenes is 1. The molecule has 1 aromatic heterocycles. The number of hydrogen-bond donors (Lipinski definition) is 1. The van der Waals surface area contributed by atoms with E-state index in [2.05, 4.69) is 0 Å². The average molecular weight is 361 g/mol. The van der Waals surface area contributed by atoms with Crippen molar-refractivity contribution in [1.82, 2.24) is 4.57 Å². The predicted octanol–water partition coefficient (Wildman–Crippen LogP) is 3.24. The quantitative estimate of drug-likeness (QED) is 0.838. The number of alkyl halides is 3. The zero-order valence-electron chi connectivity index (χ0n) is 13.7. The smallest absolute Gasteiger partial charge is 0.432 e. The van der Waals surface area contributed by atoms with Crippen LogP contribution in [0.2, 0.25) is 0 Å². The van der Waals surface area contributed by atoms with Gasteiger partial charge >= 0.3 is 17.0 Å². The third-order valence-electron chi connectivity index (χ3n) is 5.91. The van der Waals surface area contributed by atoms with Crippen LogP contribution in [-0.4, -0.2) is 15.6 Å². The lowest BCUT2D eigenvalue weighted by Gasteiger charge is -2.18. The lowest BCUT2D eigenvalue weighted by atomic mass is 9.89. The van der Waals surface area contributed by atoms with Crippen LogP contribution in [0.4, 0.5) is 13.2 Å². The van der Waals surface area contributed by atoms with Gasteiger partial charge in [-0.15, -0.1) is 6.42 Å². The molecule has 0 unspecified atom stereocenters. The number of carbonyl (C=O) groups is 1.